The number of nitrogens with zero attached hydrogens (tertiary/aromatic N) is 3. The molecule has 17 heavy (non-hydrogen) atoms. The highest BCUT2D eigenvalue weighted by molar-refractivity contribution is 9.10. The largest absolute Gasteiger partial charge is 0.480 e. The lowest BCUT2D eigenvalue weighted by Gasteiger charge is -2.05. The maximum atomic E-state index is 5.07. The van der Waals surface area contributed by atoms with E-state index in [-0.39, 0.29) is 0 Å². The summed E-state index contributed by atoms with van der Waals surface area (Å²) < 4.78 is 10.7. The van der Waals surface area contributed by atoms with E-state index in [1.165, 1.54) is 0 Å². The van der Waals surface area contributed by atoms with Gasteiger partial charge in [0, 0.05) is 6.07 Å². The van der Waals surface area contributed by atoms with Crippen LogP contribution in [0.4, 0.5) is 5.95 Å². The molecule has 7 heteroatoms. The van der Waals surface area contributed by atoms with Crippen molar-refractivity contribution in [1.82, 2.24) is 15.1 Å². The number of anilines is 1. The average Bonchev–Trinajstić information content (AvgIpc) is 2.74. The minimum absolute atomic E-state index is 0.478. The summed E-state index contributed by atoms with van der Waals surface area (Å²) in [5, 5.41) is 6.89. The molecule has 6 nitrogen and oxygen atoms in total. The van der Waals surface area contributed by atoms with E-state index in [0.717, 1.165) is 11.5 Å². The molecule has 0 bridgehead atoms. The summed E-state index contributed by atoms with van der Waals surface area (Å²) in [6, 6.07) is 1.85. The van der Waals surface area contributed by atoms with Crippen molar-refractivity contribution in [1.29, 1.82) is 0 Å². The van der Waals surface area contributed by atoms with Crippen molar-refractivity contribution in [3.8, 4) is 5.88 Å². The van der Waals surface area contributed by atoms with E-state index in [9.17, 15) is 0 Å². The first-order valence-corrected chi connectivity index (χ1v) is 5.71. The molecule has 2 aromatic rings. The van der Waals surface area contributed by atoms with Gasteiger partial charge < -0.3 is 14.6 Å². The monoisotopic (exact) mass is 298 g/mol. The molecule has 1 N–H and O–H groups in total. The van der Waals surface area contributed by atoms with Crippen molar-refractivity contribution >= 4 is 21.9 Å². The smallest absolute Gasteiger partial charge is 0.232 e. The van der Waals surface area contributed by atoms with Crippen molar-refractivity contribution in [3.05, 3.63) is 28.2 Å². The van der Waals surface area contributed by atoms with Crippen LogP contribution in [0, 0.1) is 6.92 Å². The Balaban J connectivity index is 2.04. The van der Waals surface area contributed by atoms with Crippen molar-refractivity contribution < 1.29 is 9.26 Å². The SMILES string of the molecule is COc1nc(NCc2cc(C)on2)ncc1Br. The molecule has 0 atom stereocenters. The highest BCUT2D eigenvalue weighted by Gasteiger charge is 2.06. The van der Waals surface area contributed by atoms with Gasteiger partial charge in [-0.15, -0.1) is 0 Å². The van der Waals surface area contributed by atoms with Crippen LogP contribution in [-0.4, -0.2) is 22.2 Å². The topological polar surface area (TPSA) is 73.1 Å². The maximum Gasteiger partial charge on any atom is 0.232 e. The lowest BCUT2D eigenvalue weighted by molar-refractivity contribution is 0.391. The van der Waals surface area contributed by atoms with Crippen LogP contribution in [0.2, 0.25) is 0 Å². The van der Waals surface area contributed by atoms with E-state index in [2.05, 4.69) is 36.4 Å². The van der Waals surface area contributed by atoms with Gasteiger partial charge in [0.1, 0.15) is 11.5 Å². The summed E-state index contributed by atoms with van der Waals surface area (Å²) >= 11 is 3.28. The number of hydrogen-bond donors (Lipinski definition) is 1. The van der Waals surface area contributed by atoms with Crippen LogP contribution in [0.3, 0.4) is 0 Å². The molecular formula is C10H11BrN4O2. The lowest BCUT2D eigenvalue weighted by atomic mass is 10.4. The van der Waals surface area contributed by atoms with Gasteiger partial charge in [-0.2, -0.15) is 4.98 Å². The molecular weight excluding hydrogens is 288 g/mol. The van der Waals surface area contributed by atoms with Crippen LogP contribution in [0.5, 0.6) is 5.88 Å². The fraction of sp³-hybridized carbons (Fsp3) is 0.300. The van der Waals surface area contributed by atoms with Crippen LogP contribution in [-0.2, 0) is 6.54 Å². The average molecular weight is 299 g/mol. The van der Waals surface area contributed by atoms with Gasteiger partial charge in [0.05, 0.1) is 24.3 Å². The number of hydrogen-bond acceptors (Lipinski definition) is 6. The van der Waals surface area contributed by atoms with Crippen LogP contribution < -0.4 is 10.1 Å². The van der Waals surface area contributed by atoms with Gasteiger partial charge in [-0.25, -0.2) is 4.98 Å². The lowest BCUT2D eigenvalue weighted by Crippen LogP contribution is -2.04. The quantitative estimate of drug-likeness (QED) is 0.932. The molecule has 0 aliphatic rings. The first kappa shape index (κ1) is 11.8. The summed E-state index contributed by atoms with van der Waals surface area (Å²) in [6.07, 6.45) is 1.63. The minimum atomic E-state index is 0.478. The zero-order chi connectivity index (χ0) is 12.3. The first-order chi connectivity index (χ1) is 8.19. The third-order valence-corrected chi connectivity index (χ3v) is 2.55. The van der Waals surface area contributed by atoms with E-state index in [1.54, 1.807) is 13.3 Å². The van der Waals surface area contributed by atoms with Gasteiger partial charge in [0.2, 0.25) is 11.8 Å². The van der Waals surface area contributed by atoms with Crippen molar-refractivity contribution in [2.45, 2.75) is 13.5 Å². The number of halogens is 1. The molecule has 0 fully saturated rings. The summed E-state index contributed by atoms with van der Waals surface area (Å²) in [6.45, 7) is 2.35. The van der Waals surface area contributed by atoms with Gasteiger partial charge >= 0.3 is 0 Å². The fourth-order valence-corrected chi connectivity index (χ4v) is 1.60. The summed E-state index contributed by atoms with van der Waals surface area (Å²) in [5.74, 6) is 1.74. The predicted octanol–water partition coefficient (Wildman–Crippen LogP) is 2.16. The second-order valence-electron chi connectivity index (χ2n) is 3.33. The third kappa shape index (κ3) is 2.94. The zero-order valence-corrected chi connectivity index (χ0v) is 11.0. The Morgan fingerprint density at radius 2 is 2.35 bits per heavy atom. The van der Waals surface area contributed by atoms with Crippen LogP contribution in [0.1, 0.15) is 11.5 Å². The second-order valence-corrected chi connectivity index (χ2v) is 4.19. The normalized spacial score (nSPS) is 10.3. The molecule has 2 aromatic heterocycles. The van der Waals surface area contributed by atoms with E-state index in [0.29, 0.717) is 22.8 Å². The molecule has 90 valence electrons. The Bertz CT molecular complexity index is 515. The summed E-state index contributed by atoms with van der Waals surface area (Å²) in [7, 11) is 1.55. The molecule has 0 amide bonds. The van der Waals surface area contributed by atoms with E-state index in [4.69, 9.17) is 9.26 Å². The number of aryl methyl sites for hydroxylation is 1. The van der Waals surface area contributed by atoms with Crippen molar-refractivity contribution in [3.63, 3.8) is 0 Å². The van der Waals surface area contributed by atoms with Gasteiger partial charge in [0.15, 0.2) is 0 Å². The fourth-order valence-electron chi connectivity index (χ4n) is 1.25. The Morgan fingerprint density at radius 1 is 1.53 bits per heavy atom. The Hall–Kier alpha value is -1.63. The van der Waals surface area contributed by atoms with Crippen LogP contribution >= 0.6 is 15.9 Å². The van der Waals surface area contributed by atoms with Gasteiger partial charge in [-0.1, -0.05) is 5.16 Å². The molecule has 0 saturated carbocycles. The maximum absolute atomic E-state index is 5.07. The highest BCUT2D eigenvalue weighted by Crippen LogP contribution is 2.21. The van der Waals surface area contributed by atoms with Crippen LogP contribution in [0.25, 0.3) is 0 Å². The Kier molecular flexibility index (Phi) is 3.58. The predicted molar refractivity (Wildman–Crippen MR) is 64.9 cm³/mol. The van der Waals surface area contributed by atoms with E-state index < -0.39 is 0 Å². The minimum Gasteiger partial charge on any atom is -0.480 e. The molecule has 2 rings (SSSR count). The number of aromatic nitrogens is 3. The molecule has 2 heterocycles. The molecule has 0 aliphatic heterocycles. The van der Waals surface area contributed by atoms with Gasteiger partial charge in [0.25, 0.3) is 0 Å². The zero-order valence-electron chi connectivity index (χ0n) is 9.40. The van der Waals surface area contributed by atoms with Crippen molar-refractivity contribution in [2.75, 3.05) is 12.4 Å². The second kappa shape index (κ2) is 5.13. The number of rotatable bonds is 4. The third-order valence-electron chi connectivity index (χ3n) is 2.01. The summed E-state index contributed by atoms with van der Waals surface area (Å²) in [4.78, 5) is 8.26. The number of methoxy groups -OCH3 is 1. The molecule has 0 saturated heterocycles. The van der Waals surface area contributed by atoms with E-state index in [1.807, 2.05) is 13.0 Å². The summed E-state index contributed by atoms with van der Waals surface area (Å²) in [5.41, 5.74) is 0.799. The van der Waals surface area contributed by atoms with Crippen LogP contribution in [0.15, 0.2) is 21.3 Å². The Morgan fingerprint density at radius 3 is 3.00 bits per heavy atom. The highest BCUT2D eigenvalue weighted by atomic mass is 79.9. The van der Waals surface area contributed by atoms with Crippen molar-refractivity contribution in [2.24, 2.45) is 0 Å². The first-order valence-electron chi connectivity index (χ1n) is 4.91. The Labute approximate surface area is 107 Å². The molecule has 0 spiro atoms. The molecule has 0 radical (unpaired) electrons. The van der Waals surface area contributed by atoms with Gasteiger partial charge in [-0.3, -0.25) is 0 Å². The standard InChI is InChI=1S/C10H11BrN4O2/c1-6-3-7(15-17-6)4-12-10-13-5-8(11)9(14-10)16-2/h3,5H,4H2,1-2H3,(H,12,13,14). The van der Waals surface area contributed by atoms with Gasteiger partial charge in [-0.05, 0) is 22.9 Å². The van der Waals surface area contributed by atoms with E-state index >= 15 is 0 Å². The number of ether oxygens (including phenoxy) is 1. The molecule has 0 aliphatic carbocycles. The number of nitrogens with one attached hydrogen (secondary N) is 1. The molecule has 0 unspecified atom stereocenters. The molecule has 0 aromatic carbocycles.